The van der Waals surface area contributed by atoms with Gasteiger partial charge in [0.05, 0.1) is 7.11 Å². The molecule has 0 aromatic heterocycles. The van der Waals surface area contributed by atoms with Crippen LogP contribution >= 0.6 is 0 Å². The molecule has 0 N–H and O–H groups in total. The zero-order valence-electron chi connectivity index (χ0n) is 5.66. The van der Waals surface area contributed by atoms with Crippen LogP contribution in [-0.4, -0.2) is 31.6 Å². The fourth-order valence-electron chi connectivity index (χ4n) is 0.707. The number of rotatable bonds is 0. The summed E-state index contributed by atoms with van der Waals surface area (Å²) in [4.78, 5) is 5.90. The molecule has 50 valence electrons. The number of nitrogens with zero attached hydrogens (tertiary/aromatic N) is 2. The van der Waals surface area contributed by atoms with Crippen LogP contribution < -0.4 is 0 Å². The molecule has 3 heteroatoms. The van der Waals surface area contributed by atoms with Gasteiger partial charge in [-0.2, -0.15) is 0 Å². The predicted molar refractivity (Wildman–Crippen MR) is 36.2 cm³/mol. The van der Waals surface area contributed by atoms with Crippen molar-refractivity contribution in [2.75, 3.05) is 20.7 Å². The van der Waals surface area contributed by atoms with Crippen LogP contribution in [0.15, 0.2) is 17.3 Å². The third-order valence-electron chi connectivity index (χ3n) is 1.18. The molecule has 1 heterocycles. The summed E-state index contributed by atoms with van der Waals surface area (Å²) in [6, 6.07) is 0.678. The van der Waals surface area contributed by atoms with Crippen LogP contribution in [0.4, 0.5) is 0 Å². The Bertz CT molecular complexity index is 151. The molecule has 0 fully saturated rings. The molecular formula is C6H10N2O. The highest BCUT2D eigenvalue weighted by Gasteiger charge is 2.05. The average Bonchev–Trinajstić information content (AvgIpc) is 1.89. The van der Waals surface area contributed by atoms with Crippen molar-refractivity contribution >= 4 is 6.02 Å². The number of likely N-dealkylation sites (N-methyl/N-ethyl adjacent to an activating group) is 1. The maximum absolute atomic E-state index is 4.93. The van der Waals surface area contributed by atoms with Gasteiger partial charge in [0.15, 0.2) is 0 Å². The first-order valence-electron chi connectivity index (χ1n) is 2.82. The molecule has 0 aromatic rings. The minimum Gasteiger partial charge on any atom is -0.468 e. The summed E-state index contributed by atoms with van der Waals surface area (Å²) >= 11 is 0. The topological polar surface area (TPSA) is 24.8 Å². The van der Waals surface area contributed by atoms with E-state index in [0.29, 0.717) is 6.02 Å². The normalized spacial score (nSPS) is 17.6. The van der Waals surface area contributed by atoms with Gasteiger partial charge in [0, 0.05) is 19.8 Å². The van der Waals surface area contributed by atoms with Crippen LogP contribution in [-0.2, 0) is 4.74 Å². The number of methoxy groups -OCH3 is 1. The highest BCUT2D eigenvalue weighted by atomic mass is 16.5. The first kappa shape index (κ1) is 6.13. The van der Waals surface area contributed by atoms with Crippen LogP contribution in [0.2, 0.25) is 0 Å². The lowest BCUT2D eigenvalue weighted by atomic mass is 10.5. The van der Waals surface area contributed by atoms with Gasteiger partial charge in [-0.05, 0) is 6.08 Å². The fraction of sp³-hybridized carbons (Fsp3) is 0.500. The van der Waals surface area contributed by atoms with Crippen LogP contribution in [0, 0.1) is 0 Å². The average molecular weight is 126 g/mol. The maximum atomic E-state index is 4.93. The standard InChI is InChI=1S/C6H10N2O/c1-8-5-3-4-7-6(8)9-2/h3-4H,5H2,1-2H3. The Morgan fingerprint density at radius 1 is 1.78 bits per heavy atom. The number of aliphatic imine (C=N–C) groups is 1. The highest BCUT2D eigenvalue weighted by molar-refractivity contribution is 5.74. The molecule has 1 aliphatic heterocycles. The van der Waals surface area contributed by atoms with Crippen molar-refractivity contribution in [1.29, 1.82) is 0 Å². The van der Waals surface area contributed by atoms with Gasteiger partial charge in [0.25, 0.3) is 6.02 Å². The quantitative estimate of drug-likeness (QED) is 0.470. The molecule has 3 nitrogen and oxygen atoms in total. The Balaban J connectivity index is 2.63. The van der Waals surface area contributed by atoms with E-state index < -0.39 is 0 Å². The summed E-state index contributed by atoms with van der Waals surface area (Å²) in [5.74, 6) is 0. The van der Waals surface area contributed by atoms with E-state index in [2.05, 4.69) is 4.99 Å². The van der Waals surface area contributed by atoms with E-state index in [0.717, 1.165) is 6.54 Å². The molecule has 0 radical (unpaired) electrons. The van der Waals surface area contributed by atoms with Gasteiger partial charge in [0.1, 0.15) is 0 Å². The Hall–Kier alpha value is -0.990. The minimum atomic E-state index is 0.678. The predicted octanol–water partition coefficient (Wildman–Crippen LogP) is 0.448. The van der Waals surface area contributed by atoms with Crippen molar-refractivity contribution in [1.82, 2.24) is 4.90 Å². The van der Waals surface area contributed by atoms with Crippen molar-refractivity contribution in [2.45, 2.75) is 0 Å². The molecule has 9 heavy (non-hydrogen) atoms. The van der Waals surface area contributed by atoms with E-state index in [1.54, 1.807) is 13.3 Å². The van der Waals surface area contributed by atoms with Crippen molar-refractivity contribution in [3.8, 4) is 0 Å². The zero-order chi connectivity index (χ0) is 6.69. The van der Waals surface area contributed by atoms with E-state index >= 15 is 0 Å². The lowest BCUT2D eigenvalue weighted by Gasteiger charge is -2.18. The first-order valence-corrected chi connectivity index (χ1v) is 2.82. The van der Waals surface area contributed by atoms with Crippen LogP contribution in [0.1, 0.15) is 0 Å². The van der Waals surface area contributed by atoms with Gasteiger partial charge >= 0.3 is 0 Å². The Labute approximate surface area is 54.6 Å². The van der Waals surface area contributed by atoms with E-state index in [9.17, 15) is 0 Å². The molecule has 0 saturated carbocycles. The summed E-state index contributed by atoms with van der Waals surface area (Å²) in [7, 11) is 3.56. The highest BCUT2D eigenvalue weighted by Crippen LogP contribution is 1.96. The second kappa shape index (κ2) is 2.53. The van der Waals surface area contributed by atoms with E-state index in [1.807, 2.05) is 18.0 Å². The van der Waals surface area contributed by atoms with Crippen LogP contribution in [0.5, 0.6) is 0 Å². The van der Waals surface area contributed by atoms with Gasteiger partial charge in [-0.25, -0.2) is 4.99 Å². The molecule has 1 aliphatic rings. The largest absolute Gasteiger partial charge is 0.468 e. The summed E-state index contributed by atoms with van der Waals surface area (Å²) in [5.41, 5.74) is 0. The second-order valence-corrected chi connectivity index (χ2v) is 1.88. The minimum absolute atomic E-state index is 0.678. The van der Waals surface area contributed by atoms with Gasteiger partial charge in [-0.3, -0.25) is 0 Å². The Kier molecular flexibility index (Phi) is 1.72. The van der Waals surface area contributed by atoms with Gasteiger partial charge in [-0.1, -0.05) is 0 Å². The van der Waals surface area contributed by atoms with Crippen molar-refractivity contribution in [3.05, 3.63) is 12.3 Å². The lowest BCUT2D eigenvalue weighted by molar-refractivity contribution is 0.317. The zero-order valence-corrected chi connectivity index (χ0v) is 5.66. The Morgan fingerprint density at radius 2 is 2.56 bits per heavy atom. The maximum Gasteiger partial charge on any atom is 0.291 e. The number of hydrogen-bond acceptors (Lipinski definition) is 3. The number of amidine groups is 1. The van der Waals surface area contributed by atoms with Crippen molar-refractivity contribution in [2.24, 2.45) is 4.99 Å². The monoisotopic (exact) mass is 126 g/mol. The summed E-state index contributed by atoms with van der Waals surface area (Å²) in [6.07, 6.45) is 3.72. The first-order chi connectivity index (χ1) is 4.34. The molecule has 0 amide bonds. The van der Waals surface area contributed by atoms with Gasteiger partial charge < -0.3 is 9.64 Å². The summed E-state index contributed by atoms with van der Waals surface area (Å²) in [5, 5.41) is 0. The molecular weight excluding hydrogens is 116 g/mol. The van der Waals surface area contributed by atoms with Crippen molar-refractivity contribution in [3.63, 3.8) is 0 Å². The molecule has 0 aromatic carbocycles. The molecule has 1 rings (SSSR count). The molecule has 0 spiro atoms. The summed E-state index contributed by atoms with van der Waals surface area (Å²) < 4.78 is 4.93. The fourth-order valence-corrected chi connectivity index (χ4v) is 0.707. The molecule has 0 aliphatic carbocycles. The van der Waals surface area contributed by atoms with E-state index in [1.165, 1.54) is 0 Å². The third-order valence-corrected chi connectivity index (χ3v) is 1.18. The van der Waals surface area contributed by atoms with Crippen LogP contribution in [0.3, 0.4) is 0 Å². The number of hydrogen-bond donors (Lipinski definition) is 0. The van der Waals surface area contributed by atoms with E-state index in [-0.39, 0.29) is 0 Å². The number of ether oxygens (including phenoxy) is 1. The third kappa shape index (κ3) is 1.22. The Morgan fingerprint density at radius 3 is 3.00 bits per heavy atom. The van der Waals surface area contributed by atoms with Crippen molar-refractivity contribution < 1.29 is 4.74 Å². The SMILES string of the molecule is COC1=NC=CCN1C. The van der Waals surface area contributed by atoms with E-state index in [4.69, 9.17) is 4.74 Å². The van der Waals surface area contributed by atoms with Gasteiger partial charge in [0.2, 0.25) is 0 Å². The van der Waals surface area contributed by atoms with Crippen LogP contribution in [0.25, 0.3) is 0 Å². The lowest BCUT2D eigenvalue weighted by Crippen LogP contribution is -2.29. The smallest absolute Gasteiger partial charge is 0.291 e. The molecule has 0 unspecified atom stereocenters. The van der Waals surface area contributed by atoms with Gasteiger partial charge in [-0.15, -0.1) is 0 Å². The second-order valence-electron chi connectivity index (χ2n) is 1.88. The molecule has 0 saturated heterocycles. The molecule has 0 bridgehead atoms. The molecule has 0 atom stereocenters. The summed E-state index contributed by atoms with van der Waals surface area (Å²) in [6.45, 7) is 0.882.